The molecule has 0 bridgehead atoms. The largest absolute Gasteiger partial charge is 0.390 e. The highest BCUT2D eigenvalue weighted by Gasteiger charge is 2.37. The van der Waals surface area contributed by atoms with E-state index in [1.807, 2.05) is 70.7 Å². The molecule has 4 amide bonds. The van der Waals surface area contributed by atoms with Crippen molar-refractivity contribution in [1.29, 1.82) is 0 Å². The standard InChI is InChI=1S/C35H57IN6O5/c1-7-23(6)31(41-34(46)30(22(4)5)40-32(44)26-13-9-15-37-26)35(47)39-27(17-21(2)3)29(43)20-42-16-10-14-28(42)33(45)38-19-24-11-8-12-25(36)18-24/h8,11-12,18,21-23,26-31,37,43H,7,9-10,13-17,19-20H2,1-6H3,(H,38,45)(H,39,47)(H,40,44)(H,41,46)/t23-,26-,27-,28-,29-,30-,31-/m0/s1. The van der Waals surface area contributed by atoms with Crippen molar-refractivity contribution >= 4 is 46.2 Å². The van der Waals surface area contributed by atoms with E-state index in [2.05, 4.69) is 49.2 Å². The van der Waals surface area contributed by atoms with Gasteiger partial charge in [0.15, 0.2) is 0 Å². The Hall–Kier alpha value is -2.29. The first kappa shape index (κ1) is 39.2. The average Bonchev–Trinajstić information content (AvgIpc) is 3.73. The summed E-state index contributed by atoms with van der Waals surface area (Å²) < 4.78 is 1.11. The number of halogens is 1. The Labute approximate surface area is 294 Å². The van der Waals surface area contributed by atoms with Crippen molar-refractivity contribution in [2.75, 3.05) is 19.6 Å². The number of nitrogens with one attached hydrogen (secondary N) is 5. The second kappa shape index (κ2) is 19.0. The molecule has 2 aliphatic heterocycles. The first-order valence-corrected chi connectivity index (χ1v) is 18.5. The quantitative estimate of drug-likeness (QED) is 0.134. The van der Waals surface area contributed by atoms with E-state index in [-0.39, 0.29) is 54.1 Å². The third-order valence-corrected chi connectivity index (χ3v) is 10.0. The van der Waals surface area contributed by atoms with Crippen LogP contribution in [0.4, 0.5) is 0 Å². The van der Waals surface area contributed by atoms with Crippen LogP contribution in [0.15, 0.2) is 24.3 Å². The normalized spacial score (nSPS) is 21.6. The van der Waals surface area contributed by atoms with Crippen LogP contribution in [0.1, 0.15) is 85.6 Å². The molecule has 0 spiro atoms. The van der Waals surface area contributed by atoms with Crippen LogP contribution >= 0.6 is 22.6 Å². The highest BCUT2D eigenvalue weighted by molar-refractivity contribution is 14.1. The molecule has 1 aromatic rings. The van der Waals surface area contributed by atoms with Crippen molar-refractivity contribution in [3.05, 3.63) is 33.4 Å². The van der Waals surface area contributed by atoms with Crippen molar-refractivity contribution in [2.45, 2.75) is 123 Å². The van der Waals surface area contributed by atoms with E-state index in [1.165, 1.54) is 0 Å². The van der Waals surface area contributed by atoms with Crippen molar-refractivity contribution in [3.63, 3.8) is 0 Å². The maximum atomic E-state index is 13.8. The minimum absolute atomic E-state index is 0.0620. The molecule has 0 radical (unpaired) electrons. The fourth-order valence-corrected chi connectivity index (χ4v) is 7.01. The summed E-state index contributed by atoms with van der Waals surface area (Å²) in [6.07, 6.45) is 3.46. The summed E-state index contributed by atoms with van der Waals surface area (Å²) >= 11 is 2.25. The Balaban J connectivity index is 1.66. The maximum absolute atomic E-state index is 13.8. The lowest BCUT2D eigenvalue weighted by Crippen LogP contribution is -2.60. The molecule has 2 saturated heterocycles. The molecule has 0 saturated carbocycles. The molecule has 2 aliphatic rings. The maximum Gasteiger partial charge on any atom is 0.243 e. The molecule has 7 atom stereocenters. The Morgan fingerprint density at radius 1 is 0.979 bits per heavy atom. The van der Waals surface area contributed by atoms with Crippen LogP contribution in [0.2, 0.25) is 0 Å². The predicted octanol–water partition coefficient (Wildman–Crippen LogP) is 2.69. The lowest BCUT2D eigenvalue weighted by Gasteiger charge is -2.33. The fraction of sp³-hybridized carbons (Fsp3) is 0.714. The van der Waals surface area contributed by atoms with E-state index >= 15 is 0 Å². The Morgan fingerprint density at radius 2 is 1.70 bits per heavy atom. The van der Waals surface area contributed by atoms with Crippen molar-refractivity contribution < 1.29 is 24.3 Å². The number of carbonyl (C=O) groups is 4. The number of amides is 4. The summed E-state index contributed by atoms with van der Waals surface area (Å²) in [5.41, 5.74) is 1.03. The van der Waals surface area contributed by atoms with Gasteiger partial charge in [0.1, 0.15) is 12.1 Å². The molecule has 0 aliphatic carbocycles. The smallest absolute Gasteiger partial charge is 0.243 e. The number of aliphatic hydroxyl groups is 1. The summed E-state index contributed by atoms with van der Waals surface area (Å²) in [6, 6.07) is 5.14. The van der Waals surface area contributed by atoms with E-state index in [9.17, 15) is 24.3 Å². The molecule has 264 valence electrons. The van der Waals surface area contributed by atoms with Gasteiger partial charge in [0.2, 0.25) is 23.6 Å². The van der Waals surface area contributed by atoms with Gasteiger partial charge in [-0.1, -0.05) is 60.1 Å². The average molecular weight is 769 g/mol. The van der Waals surface area contributed by atoms with E-state index in [4.69, 9.17) is 0 Å². The second-order valence-corrected chi connectivity index (χ2v) is 15.3. The molecule has 1 aromatic carbocycles. The van der Waals surface area contributed by atoms with E-state index < -0.39 is 30.1 Å². The molecule has 6 N–H and O–H groups in total. The zero-order valence-electron chi connectivity index (χ0n) is 29.0. The molecule has 0 unspecified atom stereocenters. The van der Waals surface area contributed by atoms with Gasteiger partial charge in [-0.2, -0.15) is 0 Å². The van der Waals surface area contributed by atoms with E-state index in [1.54, 1.807) is 0 Å². The van der Waals surface area contributed by atoms with Gasteiger partial charge >= 0.3 is 0 Å². The van der Waals surface area contributed by atoms with Crippen molar-refractivity contribution in [1.82, 2.24) is 31.5 Å². The number of aliphatic hydroxyl groups excluding tert-OH is 1. The van der Waals surface area contributed by atoms with E-state index in [0.29, 0.717) is 32.4 Å². The number of rotatable bonds is 17. The van der Waals surface area contributed by atoms with Gasteiger partial charge in [0.05, 0.1) is 24.2 Å². The van der Waals surface area contributed by atoms with E-state index in [0.717, 1.165) is 34.9 Å². The van der Waals surface area contributed by atoms with Gasteiger partial charge in [-0.25, -0.2) is 0 Å². The molecular weight excluding hydrogens is 711 g/mol. The summed E-state index contributed by atoms with van der Waals surface area (Å²) in [5.74, 6) is -1.21. The minimum Gasteiger partial charge on any atom is -0.390 e. The molecule has 47 heavy (non-hydrogen) atoms. The van der Waals surface area contributed by atoms with Crippen molar-refractivity contribution in [3.8, 4) is 0 Å². The number of benzene rings is 1. The molecule has 2 heterocycles. The first-order chi connectivity index (χ1) is 22.3. The highest BCUT2D eigenvalue weighted by atomic mass is 127. The molecule has 2 fully saturated rings. The molecule has 3 rings (SSSR count). The second-order valence-electron chi connectivity index (χ2n) is 14.1. The number of hydrogen-bond acceptors (Lipinski definition) is 7. The molecular formula is C35H57IN6O5. The number of hydrogen-bond donors (Lipinski definition) is 6. The van der Waals surface area contributed by atoms with Gasteiger partial charge in [-0.05, 0) is 103 Å². The molecule has 0 aromatic heterocycles. The van der Waals surface area contributed by atoms with Gasteiger partial charge < -0.3 is 31.7 Å². The van der Waals surface area contributed by atoms with Crippen LogP contribution in [0, 0.1) is 21.3 Å². The highest BCUT2D eigenvalue weighted by Crippen LogP contribution is 2.21. The number of β-amino-alcohol motifs (C(OH)–C–C–N with tert-alkyl or cyclic N) is 1. The summed E-state index contributed by atoms with van der Waals surface area (Å²) in [7, 11) is 0. The number of likely N-dealkylation sites (tertiary alicyclic amines) is 1. The molecule has 11 nitrogen and oxygen atoms in total. The summed E-state index contributed by atoms with van der Waals surface area (Å²) in [5, 5.41) is 26.6. The van der Waals surface area contributed by atoms with Crippen LogP contribution < -0.4 is 26.6 Å². The van der Waals surface area contributed by atoms with Crippen LogP contribution in [0.25, 0.3) is 0 Å². The number of nitrogens with zero attached hydrogens (tertiary/aromatic N) is 1. The minimum atomic E-state index is -0.916. The lowest BCUT2D eigenvalue weighted by atomic mass is 9.94. The Morgan fingerprint density at radius 3 is 2.32 bits per heavy atom. The zero-order chi connectivity index (χ0) is 34.7. The third-order valence-electron chi connectivity index (χ3n) is 9.38. The van der Waals surface area contributed by atoms with Crippen LogP contribution in [0.3, 0.4) is 0 Å². The Kier molecular flexibility index (Phi) is 15.9. The van der Waals surface area contributed by atoms with Crippen LogP contribution in [-0.2, 0) is 25.7 Å². The third kappa shape index (κ3) is 12.0. The van der Waals surface area contributed by atoms with Gasteiger partial charge in [-0.15, -0.1) is 0 Å². The fourth-order valence-electron chi connectivity index (χ4n) is 6.40. The monoisotopic (exact) mass is 768 g/mol. The van der Waals surface area contributed by atoms with Gasteiger partial charge in [-0.3, -0.25) is 24.1 Å². The van der Waals surface area contributed by atoms with Crippen LogP contribution in [-0.4, -0.2) is 89.6 Å². The lowest BCUT2D eigenvalue weighted by molar-refractivity contribution is -0.134. The van der Waals surface area contributed by atoms with Gasteiger partial charge in [0.25, 0.3) is 0 Å². The first-order valence-electron chi connectivity index (χ1n) is 17.4. The van der Waals surface area contributed by atoms with Crippen molar-refractivity contribution in [2.24, 2.45) is 17.8 Å². The summed E-state index contributed by atoms with van der Waals surface area (Å²) in [6.45, 7) is 13.8. The zero-order valence-corrected chi connectivity index (χ0v) is 31.1. The van der Waals surface area contributed by atoms with Crippen LogP contribution in [0.5, 0.6) is 0 Å². The number of carbonyl (C=O) groups excluding carboxylic acids is 4. The SMILES string of the molecule is CC[C@H](C)[C@H](NC(=O)[C@@H](NC(=O)[C@@H]1CCCN1)C(C)C)C(=O)N[C@@H](CC(C)C)[C@@H](O)CN1CCC[C@H]1C(=O)NCc1cccc(I)c1. The van der Waals surface area contributed by atoms with Gasteiger partial charge in [0, 0.05) is 16.7 Å². The summed E-state index contributed by atoms with van der Waals surface area (Å²) in [4.78, 5) is 55.4. The predicted molar refractivity (Wildman–Crippen MR) is 192 cm³/mol. The Bertz CT molecular complexity index is 1190. The molecule has 12 heteroatoms. The topological polar surface area (TPSA) is 152 Å².